The van der Waals surface area contributed by atoms with E-state index < -0.39 is 11.7 Å². The molecule has 1 N–H and O–H groups in total. The maximum atomic E-state index is 12.8. The highest BCUT2D eigenvalue weighted by atomic mass is 19.4. The topological polar surface area (TPSA) is 49.0 Å². The normalized spacial score (nSPS) is 14.6. The Morgan fingerprint density at radius 3 is 2.37 bits per heavy atom. The fourth-order valence-corrected chi connectivity index (χ4v) is 3.90. The molecule has 0 aliphatic carbocycles. The second kappa shape index (κ2) is 7.72. The molecule has 1 aliphatic heterocycles. The summed E-state index contributed by atoms with van der Waals surface area (Å²) in [5.74, 6) is 0.293. The van der Waals surface area contributed by atoms with Crippen LogP contribution in [0.1, 0.15) is 33.5 Å². The van der Waals surface area contributed by atoms with E-state index in [1.165, 1.54) is 28.8 Å². The van der Waals surface area contributed by atoms with Gasteiger partial charge >= 0.3 is 6.18 Å². The van der Waals surface area contributed by atoms with Crippen LogP contribution in [-0.4, -0.2) is 21.4 Å². The monoisotopic (exact) mass is 413 g/mol. The number of nitrogens with zero attached hydrogens (tertiary/aromatic N) is 2. The Morgan fingerprint density at radius 2 is 1.73 bits per heavy atom. The van der Waals surface area contributed by atoms with Gasteiger partial charge in [-0.05, 0) is 49.1 Å². The predicted molar refractivity (Wildman–Crippen MR) is 109 cm³/mol. The van der Waals surface area contributed by atoms with Gasteiger partial charge in [-0.25, -0.2) is 4.98 Å². The van der Waals surface area contributed by atoms with Crippen LogP contribution in [0.2, 0.25) is 0 Å². The Hall–Kier alpha value is -2.93. The van der Waals surface area contributed by atoms with Gasteiger partial charge in [0.1, 0.15) is 5.82 Å². The van der Waals surface area contributed by atoms with Crippen molar-refractivity contribution in [3.8, 4) is 11.4 Å². The van der Waals surface area contributed by atoms with Crippen molar-refractivity contribution in [2.24, 2.45) is 0 Å². The third kappa shape index (κ3) is 4.03. The van der Waals surface area contributed by atoms with Crippen molar-refractivity contribution < 1.29 is 13.2 Å². The molecule has 0 unspecified atom stereocenters. The fraction of sp³-hybridized carbons (Fsp3) is 0.304. The van der Waals surface area contributed by atoms with Crippen LogP contribution in [0.15, 0.2) is 47.3 Å². The summed E-state index contributed by atoms with van der Waals surface area (Å²) in [5, 5.41) is 0. The van der Waals surface area contributed by atoms with Gasteiger partial charge in [0.2, 0.25) is 0 Å². The van der Waals surface area contributed by atoms with Gasteiger partial charge in [0.05, 0.1) is 11.3 Å². The van der Waals surface area contributed by atoms with E-state index in [1.54, 1.807) is 0 Å². The Balaban J connectivity index is 1.61. The highest BCUT2D eigenvalue weighted by Gasteiger charge is 2.30. The van der Waals surface area contributed by atoms with Crippen LogP contribution in [0.3, 0.4) is 0 Å². The summed E-state index contributed by atoms with van der Waals surface area (Å²) in [6.07, 6.45) is -3.81. The van der Waals surface area contributed by atoms with Crippen molar-refractivity contribution in [2.75, 3.05) is 6.54 Å². The van der Waals surface area contributed by atoms with Crippen LogP contribution in [0.5, 0.6) is 0 Å². The second-order valence-electron chi connectivity index (χ2n) is 7.75. The van der Waals surface area contributed by atoms with Crippen LogP contribution in [0.25, 0.3) is 11.4 Å². The number of benzene rings is 2. The standard InChI is InChI=1S/C23H22F3N3O/c1-14-4-3-5-15(2)19(14)12-29-11-10-18-20(13-29)27-21(28-22(18)30)16-6-8-17(9-7-16)23(24,25)26/h3-9H,10-13H2,1-2H3,(H,27,28,30). The summed E-state index contributed by atoms with van der Waals surface area (Å²) in [4.78, 5) is 22.1. The number of rotatable bonds is 3. The lowest BCUT2D eigenvalue weighted by Crippen LogP contribution is -2.35. The molecule has 4 nitrogen and oxygen atoms in total. The Kier molecular flexibility index (Phi) is 5.24. The smallest absolute Gasteiger partial charge is 0.306 e. The number of alkyl halides is 3. The van der Waals surface area contributed by atoms with Crippen molar-refractivity contribution in [3.05, 3.63) is 86.3 Å². The zero-order valence-corrected chi connectivity index (χ0v) is 16.8. The zero-order chi connectivity index (χ0) is 21.5. The molecule has 30 heavy (non-hydrogen) atoms. The van der Waals surface area contributed by atoms with Gasteiger partial charge in [-0.15, -0.1) is 0 Å². The molecule has 0 atom stereocenters. The lowest BCUT2D eigenvalue weighted by atomic mass is 10.0. The number of hydrogen-bond donors (Lipinski definition) is 1. The Bertz CT molecular complexity index is 1110. The third-order valence-electron chi connectivity index (χ3n) is 5.66. The molecule has 2 aromatic carbocycles. The molecule has 0 spiro atoms. The molecular formula is C23H22F3N3O. The van der Waals surface area contributed by atoms with Crippen molar-refractivity contribution in [3.63, 3.8) is 0 Å². The molecule has 0 saturated carbocycles. The number of halogens is 3. The summed E-state index contributed by atoms with van der Waals surface area (Å²) in [6.45, 7) is 6.23. The number of H-pyrrole nitrogens is 1. The van der Waals surface area contributed by atoms with Crippen molar-refractivity contribution in [2.45, 2.75) is 39.5 Å². The van der Waals surface area contributed by atoms with E-state index in [1.807, 2.05) is 6.07 Å². The first-order valence-corrected chi connectivity index (χ1v) is 9.79. The lowest BCUT2D eigenvalue weighted by Gasteiger charge is -2.29. The van der Waals surface area contributed by atoms with E-state index in [-0.39, 0.29) is 5.56 Å². The van der Waals surface area contributed by atoms with E-state index in [9.17, 15) is 18.0 Å². The minimum atomic E-state index is -4.40. The zero-order valence-electron chi connectivity index (χ0n) is 16.8. The number of aromatic nitrogens is 2. The molecule has 2 heterocycles. The number of hydrogen-bond acceptors (Lipinski definition) is 3. The van der Waals surface area contributed by atoms with E-state index in [0.29, 0.717) is 35.6 Å². The van der Waals surface area contributed by atoms with E-state index in [4.69, 9.17) is 0 Å². The number of aryl methyl sites for hydroxylation is 2. The summed E-state index contributed by atoms with van der Waals surface area (Å²) in [7, 11) is 0. The summed E-state index contributed by atoms with van der Waals surface area (Å²) >= 11 is 0. The van der Waals surface area contributed by atoms with Crippen LogP contribution < -0.4 is 5.56 Å². The quantitative estimate of drug-likeness (QED) is 0.681. The first-order chi connectivity index (χ1) is 14.2. The van der Waals surface area contributed by atoms with Crippen molar-refractivity contribution in [1.29, 1.82) is 0 Å². The van der Waals surface area contributed by atoms with Crippen LogP contribution in [-0.2, 0) is 25.7 Å². The van der Waals surface area contributed by atoms with Crippen LogP contribution in [0.4, 0.5) is 13.2 Å². The molecule has 4 rings (SSSR count). The van der Waals surface area contributed by atoms with Crippen LogP contribution >= 0.6 is 0 Å². The molecule has 3 aromatic rings. The van der Waals surface area contributed by atoms with E-state index >= 15 is 0 Å². The maximum absolute atomic E-state index is 12.8. The van der Waals surface area contributed by atoms with E-state index in [2.05, 4.69) is 40.8 Å². The maximum Gasteiger partial charge on any atom is 0.416 e. The molecule has 156 valence electrons. The molecule has 1 aliphatic rings. The highest BCUT2D eigenvalue weighted by Crippen LogP contribution is 2.30. The van der Waals surface area contributed by atoms with Gasteiger partial charge in [0, 0.05) is 30.8 Å². The number of fused-ring (bicyclic) bond motifs is 1. The second-order valence-corrected chi connectivity index (χ2v) is 7.75. The first kappa shape index (κ1) is 20.3. The largest absolute Gasteiger partial charge is 0.416 e. The predicted octanol–water partition coefficient (Wildman–Crippen LogP) is 4.63. The minimum absolute atomic E-state index is 0.221. The number of nitrogens with one attached hydrogen (secondary N) is 1. The van der Waals surface area contributed by atoms with E-state index in [0.717, 1.165) is 25.2 Å². The average molecular weight is 413 g/mol. The summed E-state index contributed by atoms with van der Waals surface area (Å²) in [6, 6.07) is 10.9. The summed E-state index contributed by atoms with van der Waals surface area (Å²) < 4.78 is 38.4. The van der Waals surface area contributed by atoms with Gasteiger partial charge in [-0.1, -0.05) is 30.3 Å². The average Bonchev–Trinajstić information content (AvgIpc) is 2.70. The van der Waals surface area contributed by atoms with Gasteiger partial charge in [-0.2, -0.15) is 13.2 Å². The van der Waals surface area contributed by atoms with Crippen molar-refractivity contribution >= 4 is 0 Å². The molecule has 7 heteroatoms. The Morgan fingerprint density at radius 1 is 1.07 bits per heavy atom. The summed E-state index contributed by atoms with van der Waals surface area (Å²) in [5.41, 5.74) is 4.57. The molecule has 1 aromatic heterocycles. The first-order valence-electron chi connectivity index (χ1n) is 9.79. The van der Waals surface area contributed by atoms with Gasteiger partial charge < -0.3 is 4.98 Å². The minimum Gasteiger partial charge on any atom is -0.306 e. The molecule has 0 fully saturated rings. The molecule has 0 saturated heterocycles. The SMILES string of the molecule is Cc1cccc(C)c1CN1CCc2c(nc(-c3ccc(C(F)(F)F)cc3)[nH]c2=O)C1. The van der Waals surface area contributed by atoms with Gasteiger partial charge in [0.15, 0.2) is 0 Å². The number of aromatic amines is 1. The fourth-order valence-electron chi connectivity index (χ4n) is 3.90. The van der Waals surface area contributed by atoms with Gasteiger partial charge in [0.25, 0.3) is 5.56 Å². The Labute approximate surface area is 172 Å². The highest BCUT2D eigenvalue weighted by molar-refractivity contribution is 5.56. The molecule has 0 radical (unpaired) electrons. The van der Waals surface area contributed by atoms with Gasteiger partial charge in [-0.3, -0.25) is 9.69 Å². The lowest BCUT2D eigenvalue weighted by molar-refractivity contribution is -0.137. The van der Waals surface area contributed by atoms with Crippen LogP contribution in [0, 0.1) is 13.8 Å². The third-order valence-corrected chi connectivity index (χ3v) is 5.66. The van der Waals surface area contributed by atoms with Crippen molar-refractivity contribution in [1.82, 2.24) is 14.9 Å². The molecular weight excluding hydrogens is 391 g/mol. The molecule has 0 amide bonds. The molecule has 0 bridgehead atoms.